The van der Waals surface area contributed by atoms with Gasteiger partial charge >= 0.3 is 0 Å². The van der Waals surface area contributed by atoms with Gasteiger partial charge in [-0.25, -0.2) is 9.97 Å². The Morgan fingerprint density at radius 1 is 1.39 bits per heavy atom. The molecule has 1 heterocycles. The summed E-state index contributed by atoms with van der Waals surface area (Å²) in [5, 5.41) is 10.7. The molecular formula is C11H8ClN3O3. The molecule has 92 valence electrons. The van der Waals surface area contributed by atoms with Crippen molar-refractivity contribution in [1.29, 1.82) is 0 Å². The molecule has 0 aliphatic carbocycles. The van der Waals surface area contributed by atoms with Crippen molar-refractivity contribution in [2.24, 2.45) is 0 Å². The van der Waals surface area contributed by atoms with Crippen molar-refractivity contribution in [3.05, 3.63) is 57.6 Å². The third kappa shape index (κ3) is 2.92. The number of rotatable bonds is 4. The number of non-ortho nitro benzene ring substituents is 1. The molecule has 18 heavy (non-hydrogen) atoms. The van der Waals surface area contributed by atoms with Gasteiger partial charge < -0.3 is 4.74 Å². The smallest absolute Gasteiger partial charge is 0.271 e. The van der Waals surface area contributed by atoms with Crippen molar-refractivity contribution < 1.29 is 9.66 Å². The van der Waals surface area contributed by atoms with Crippen molar-refractivity contribution >= 4 is 17.3 Å². The van der Waals surface area contributed by atoms with Gasteiger partial charge in [-0.15, -0.1) is 0 Å². The van der Waals surface area contributed by atoms with Crippen molar-refractivity contribution in [1.82, 2.24) is 9.97 Å². The normalized spacial score (nSPS) is 10.1. The Morgan fingerprint density at radius 3 is 2.83 bits per heavy atom. The van der Waals surface area contributed by atoms with E-state index in [9.17, 15) is 10.1 Å². The number of aromatic nitrogens is 2. The van der Waals surface area contributed by atoms with E-state index >= 15 is 0 Å². The summed E-state index contributed by atoms with van der Waals surface area (Å²) in [7, 11) is 0. The first-order valence-electron chi connectivity index (χ1n) is 4.98. The Balaban J connectivity index is 2.08. The van der Waals surface area contributed by atoms with Crippen LogP contribution in [0.4, 0.5) is 5.69 Å². The fraction of sp³-hybridized carbons (Fsp3) is 0.0909. The molecule has 0 saturated heterocycles. The van der Waals surface area contributed by atoms with Gasteiger partial charge in [-0.2, -0.15) is 0 Å². The van der Waals surface area contributed by atoms with E-state index in [0.29, 0.717) is 11.4 Å². The fourth-order valence-electron chi connectivity index (χ4n) is 1.28. The molecular weight excluding hydrogens is 258 g/mol. The van der Waals surface area contributed by atoms with E-state index in [-0.39, 0.29) is 17.3 Å². The number of benzene rings is 1. The maximum absolute atomic E-state index is 10.5. The van der Waals surface area contributed by atoms with Crippen LogP contribution in [0.2, 0.25) is 5.02 Å². The molecule has 6 nitrogen and oxygen atoms in total. The molecule has 0 bridgehead atoms. The van der Waals surface area contributed by atoms with Crippen LogP contribution in [0.5, 0.6) is 5.75 Å². The molecule has 7 heteroatoms. The molecule has 2 rings (SSSR count). The van der Waals surface area contributed by atoms with E-state index in [2.05, 4.69) is 9.97 Å². The SMILES string of the molecule is O=[N+]([O-])c1ccc(OCc2ccncn2)c(Cl)c1. The summed E-state index contributed by atoms with van der Waals surface area (Å²) in [6, 6.07) is 5.75. The summed E-state index contributed by atoms with van der Waals surface area (Å²) < 4.78 is 5.41. The maximum atomic E-state index is 10.5. The van der Waals surface area contributed by atoms with Gasteiger partial charge in [-0.1, -0.05) is 11.6 Å². The lowest BCUT2D eigenvalue weighted by Gasteiger charge is -2.06. The highest BCUT2D eigenvalue weighted by atomic mass is 35.5. The predicted molar refractivity (Wildman–Crippen MR) is 64.5 cm³/mol. The van der Waals surface area contributed by atoms with Crippen molar-refractivity contribution in [2.75, 3.05) is 0 Å². The van der Waals surface area contributed by atoms with Crippen LogP contribution in [0.3, 0.4) is 0 Å². The van der Waals surface area contributed by atoms with Gasteiger partial charge in [0.15, 0.2) is 0 Å². The average molecular weight is 266 g/mol. The summed E-state index contributed by atoms with van der Waals surface area (Å²) in [5.74, 6) is 0.376. The van der Waals surface area contributed by atoms with Crippen LogP contribution in [-0.4, -0.2) is 14.9 Å². The third-order valence-corrected chi connectivity index (χ3v) is 2.44. The molecule has 1 aromatic heterocycles. The van der Waals surface area contributed by atoms with Crippen molar-refractivity contribution in [3.63, 3.8) is 0 Å². The molecule has 0 fully saturated rings. The standard InChI is InChI=1S/C11H8ClN3O3/c12-10-5-9(15(16)17)1-2-11(10)18-6-8-3-4-13-7-14-8/h1-5,7H,6H2. The topological polar surface area (TPSA) is 78.2 Å². The number of hydrogen-bond donors (Lipinski definition) is 0. The lowest BCUT2D eigenvalue weighted by Crippen LogP contribution is -1.99. The highest BCUT2D eigenvalue weighted by Crippen LogP contribution is 2.29. The Labute approximate surface area is 107 Å². The van der Waals surface area contributed by atoms with Crippen molar-refractivity contribution in [3.8, 4) is 5.75 Å². The zero-order valence-corrected chi connectivity index (χ0v) is 9.87. The summed E-state index contributed by atoms with van der Waals surface area (Å²) >= 11 is 5.88. The molecule has 0 spiro atoms. The van der Waals surface area contributed by atoms with E-state index in [1.54, 1.807) is 12.3 Å². The fourth-order valence-corrected chi connectivity index (χ4v) is 1.50. The lowest BCUT2D eigenvalue weighted by molar-refractivity contribution is -0.384. The highest BCUT2D eigenvalue weighted by Gasteiger charge is 2.10. The van der Waals surface area contributed by atoms with Gasteiger partial charge in [0, 0.05) is 18.3 Å². The molecule has 0 N–H and O–H groups in total. The number of halogens is 1. The van der Waals surface area contributed by atoms with Gasteiger partial charge in [0.05, 0.1) is 15.6 Å². The number of nitro benzene ring substituents is 1. The number of ether oxygens (including phenoxy) is 1. The quantitative estimate of drug-likeness (QED) is 0.627. The zero-order chi connectivity index (χ0) is 13.0. The van der Waals surface area contributed by atoms with Crippen molar-refractivity contribution in [2.45, 2.75) is 6.61 Å². The van der Waals surface area contributed by atoms with Gasteiger partial charge in [-0.05, 0) is 12.1 Å². The van der Waals surface area contributed by atoms with Gasteiger partial charge in [0.1, 0.15) is 18.7 Å². The molecule has 0 radical (unpaired) electrons. The third-order valence-electron chi connectivity index (χ3n) is 2.15. The van der Waals surface area contributed by atoms with E-state index in [1.165, 1.54) is 24.5 Å². The van der Waals surface area contributed by atoms with E-state index in [0.717, 1.165) is 0 Å². The second kappa shape index (κ2) is 5.42. The maximum Gasteiger partial charge on any atom is 0.271 e. The van der Waals surface area contributed by atoms with E-state index < -0.39 is 4.92 Å². The molecule has 0 atom stereocenters. The predicted octanol–water partition coefficient (Wildman–Crippen LogP) is 2.62. The van der Waals surface area contributed by atoms with Crippen LogP contribution in [-0.2, 0) is 6.61 Å². The summed E-state index contributed by atoms with van der Waals surface area (Å²) in [6.45, 7) is 0.222. The van der Waals surface area contributed by atoms with Crippen LogP contribution in [0.25, 0.3) is 0 Å². The van der Waals surface area contributed by atoms with Crippen LogP contribution < -0.4 is 4.74 Å². The first-order valence-corrected chi connectivity index (χ1v) is 5.36. The van der Waals surface area contributed by atoms with Gasteiger partial charge in [-0.3, -0.25) is 10.1 Å². The summed E-state index contributed by atoms with van der Waals surface area (Å²) in [6.07, 6.45) is 3.01. The van der Waals surface area contributed by atoms with E-state index in [1.807, 2.05) is 0 Å². The lowest BCUT2D eigenvalue weighted by atomic mass is 10.3. The second-order valence-corrected chi connectivity index (χ2v) is 3.77. The molecule has 1 aromatic carbocycles. The average Bonchev–Trinajstić information content (AvgIpc) is 2.38. The van der Waals surface area contributed by atoms with Crippen LogP contribution in [0.1, 0.15) is 5.69 Å². The first kappa shape index (κ1) is 12.3. The minimum absolute atomic E-state index is 0.0746. The highest BCUT2D eigenvalue weighted by molar-refractivity contribution is 6.32. The molecule has 0 amide bonds. The monoisotopic (exact) mass is 265 g/mol. The van der Waals surface area contributed by atoms with Crippen LogP contribution >= 0.6 is 11.6 Å². The minimum atomic E-state index is -0.514. The Bertz CT molecular complexity index is 563. The Morgan fingerprint density at radius 2 is 2.22 bits per heavy atom. The number of nitrogens with zero attached hydrogens (tertiary/aromatic N) is 3. The minimum Gasteiger partial charge on any atom is -0.486 e. The molecule has 0 aliphatic rings. The van der Waals surface area contributed by atoms with Crippen LogP contribution in [0.15, 0.2) is 36.8 Å². The van der Waals surface area contributed by atoms with Crippen LogP contribution in [0, 0.1) is 10.1 Å². The molecule has 2 aromatic rings. The molecule has 0 aliphatic heterocycles. The summed E-state index contributed by atoms with van der Waals surface area (Å²) in [5.41, 5.74) is 0.619. The van der Waals surface area contributed by atoms with E-state index in [4.69, 9.17) is 16.3 Å². The molecule has 0 saturated carbocycles. The molecule has 0 unspecified atom stereocenters. The zero-order valence-electron chi connectivity index (χ0n) is 9.12. The van der Waals surface area contributed by atoms with Gasteiger partial charge in [0.2, 0.25) is 0 Å². The summed E-state index contributed by atoms with van der Waals surface area (Å²) in [4.78, 5) is 17.8. The largest absolute Gasteiger partial charge is 0.486 e. The second-order valence-electron chi connectivity index (χ2n) is 3.36. The Kier molecular flexibility index (Phi) is 3.69. The number of nitro groups is 1. The number of hydrogen-bond acceptors (Lipinski definition) is 5. The first-order chi connectivity index (χ1) is 8.66. The Hall–Kier alpha value is -2.21. The van der Waals surface area contributed by atoms with Gasteiger partial charge in [0.25, 0.3) is 5.69 Å².